The fourth-order valence-electron chi connectivity index (χ4n) is 2.49. The van der Waals surface area contributed by atoms with Gasteiger partial charge in [0.25, 0.3) is 0 Å². The number of hydrogen-bond donors (Lipinski definition) is 1. The van der Waals surface area contributed by atoms with E-state index in [4.69, 9.17) is 4.74 Å². The van der Waals surface area contributed by atoms with Crippen molar-refractivity contribution in [1.29, 1.82) is 0 Å². The molecule has 2 aromatic rings. The molecular weight excluding hydrogens is 292 g/mol. The summed E-state index contributed by atoms with van der Waals surface area (Å²) in [6.07, 6.45) is 2.49. The van der Waals surface area contributed by atoms with Gasteiger partial charge in [-0.15, -0.1) is 0 Å². The minimum atomic E-state index is -0.314. The van der Waals surface area contributed by atoms with Crippen LogP contribution in [0.3, 0.4) is 0 Å². The standard InChI is InChI=1S/C15H15BrO2/c16-12-6-4-11-9-13(7-5-10(11)8-12)18-15-3-1-2-14(15)17/h4-9,14-15,17H,1-3H2. The number of halogens is 1. The van der Waals surface area contributed by atoms with Crippen LogP contribution in [0.25, 0.3) is 10.8 Å². The fraction of sp³-hybridized carbons (Fsp3) is 0.333. The molecular formula is C15H15BrO2. The third-order valence-corrected chi connectivity index (χ3v) is 3.97. The van der Waals surface area contributed by atoms with Crippen LogP contribution < -0.4 is 4.74 Å². The van der Waals surface area contributed by atoms with E-state index < -0.39 is 0 Å². The summed E-state index contributed by atoms with van der Waals surface area (Å²) in [4.78, 5) is 0. The third kappa shape index (κ3) is 2.38. The normalized spacial score (nSPS) is 23.4. The molecule has 3 rings (SSSR count). The molecule has 94 valence electrons. The smallest absolute Gasteiger partial charge is 0.124 e. The molecule has 0 aliphatic heterocycles. The molecule has 0 radical (unpaired) electrons. The Bertz CT molecular complexity index is 567. The van der Waals surface area contributed by atoms with Gasteiger partial charge in [0.1, 0.15) is 11.9 Å². The molecule has 2 atom stereocenters. The molecule has 2 aromatic carbocycles. The first-order chi connectivity index (χ1) is 8.72. The highest BCUT2D eigenvalue weighted by atomic mass is 79.9. The number of ether oxygens (including phenoxy) is 1. The summed E-state index contributed by atoms with van der Waals surface area (Å²) < 4.78 is 6.94. The highest BCUT2D eigenvalue weighted by molar-refractivity contribution is 9.10. The van der Waals surface area contributed by atoms with Gasteiger partial charge in [0, 0.05) is 4.47 Å². The van der Waals surface area contributed by atoms with Crippen LogP contribution in [-0.4, -0.2) is 17.3 Å². The molecule has 1 aliphatic rings. The van der Waals surface area contributed by atoms with E-state index in [1.165, 1.54) is 5.39 Å². The first-order valence-corrected chi connectivity index (χ1v) is 7.06. The minimum Gasteiger partial charge on any atom is -0.488 e. The van der Waals surface area contributed by atoms with Crippen LogP contribution in [-0.2, 0) is 0 Å². The maximum Gasteiger partial charge on any atom is 0.124 e. The van der Waals surface area contributed by atoms with Gasteiger partial charge in [0.2, 0.25) is 0 Å². The van der Waals surface area contributed by atoms with Crippen molar-refractivity contribution in [3.05, 3.63) is 40.9 Å². The van der Waals surface area contributed by atoms with Crippen molar-refractivity contribution in [2.75, 3.05) is 0 Å². The summed E-state index contributed by atoms with van der Waals surface area (Å²) in [6.45, 7) is 0. The van der Waals surface area contributed by atoms with Crippen LogP contribution in [0, 0.1) is 0 Å². The van der Waals surface area contributed by atoms with Crippen molar-refractivity contribution in [1.82, 2.24) is 0 Å². The van der Waals surface area contributed by atoms with Gasteiger partial charge < -0.3 is 9.84 Å². The van der Waals surface area contributed by atoms with Gasteiger partial charge in [-0.25, -0.2) is 0 Å². The second kappa shape index (κ2) is 4.90. The molecule has 1 N–H and O–H groups in total. The van der Waals surface area contributed by atoms with E-state index in [9.17, 15) is 5.11 Å². The fourth-order valence-corrected chi connectivity index (χ4v) is 2.87. The summed E-state index contributed by atoms with van der Waals surface area (Å²) in [5.74, 6) is 0.843. The number of aliphatic hydroxyl groups is 1. The van der Waals surface area contributed by atoms with E-state index in [1.54, 1.807) is 0 Å². The Hall–Kier alpha value is -1.06. The Balaban J connectivity index is 1.86. The van der Waals surface area contributed by atoms with Gasteiger partial charge in [-0.2, -0.15) is 0 Å². The lowest BCUT2D eigenvalue weighted by molar-refractivity contribution is 0.0605. The van der Waals surface area contributed by atoms with E-state index in [-0.39, 0.29) is 12.2 Å². The monoisotopic (exact) mass is 306 g/mol. The lowest BCUT2D eigenvalue weighted by atomic mass is 10.1. The van der Waals surface area contributed by atoms with Crippen molar-refractivity contribution in [3.63, 3.8) is 0 Å². The molecule has 0 bridgehead atoms. The Morgan fingerprint density at radius 3 is 2.61 bits per heavy atom. The Kier molecular flexibility index (Phi) is 3.27. The predicted molar refractivity (Wildman–Crippen MR) is 75.9 cm³/mol. The molecule has 2 nitrogen and oxygen atoms in total. The Morgan fingerprint density at radius 1 is 1.06 bits per heavy atom. The van der Waals surface area contributed by atoms with Crippen molar-refractivity contribution < 1.29 is 9.84 Å². The van der Waals surface area contributed by atoms with E-state index in [2.05, 4.69) is 34.1 Å². The quantitative estimate of drug-likeness (QED) is 0.912. The Labute approximate surface area is 115 Å². The van der Waals surface area contributed by atoms with Crippen LogP contribution in [0.15, 0.2) is 40.9 Å². The topological polar surface area (TPSA) is 29.5 Å². The minimum absolute atomic E-state index is 0.0436. The number of hydrogen-bond acceptors (Lipinski definition) is 2. The highest BCUT2D eigenvalue weighted by Crippen LogP contribution is 2.28. The second-order valence-electron chi connectivity index (χ2n) is 4.81. The molecule has 18 heavy (non-hydrogen) atoms. The second-order valence-corrected chi connectivity index (χ2v) is 5.72. The van der Waals surface area contributed by atoms with Gasteiger partial charge in [0.15, 0.2) is 0 Å². The summed E-state index contributed by atoms with van der Waals surface area (Å²) in [7, 11) is 0. The van der Waals surface area contributed by atoms with E-state index >= 15 is 0 Å². The number of aliphatic hydroxyl groups excluding tert-OH is 1. The zero-order valence-corrected chi connectivity index (χ0v) is 11.6. The average Bonchev–Trinajstić information content (AvgIpc) is 2.75. The van der Waals surface area contributed by atoms with Gasteiger partial charge in [-0.05, 0) is 54.3 Å². The summed E-state index contributed by atoms with van der Waals surface area (Å²) in [5.41, 5.74) is 0. The predicted octanol–water partition coefficient (Wildman–Crippen LogP) is 3.89. The molecule has 2 unspecified atom stereocenters. The van der Waals surface area contributed by atoms with E-state index in [0.717, 1.165) is 34.9 Å². The van der Waals surface area contributed by atoms with Crippen molar-refractivity contribution in [3.8, 4) is 5.75 Å². The number of benzene rings is 2. The molecule has 3 heteroatoms. The van der Waals surface area contributed by atoms with Crippen LogP contribution >= 0.6 is 15.9 Å². The van der Waals surface area contributed by atoms with Gasteiger partial charge >= 0.3 is 0 Å². The maximum absolute atomic E-state index is 9.77. The van der Waals surface area contributed by atoms with Crippen molar-refractivity contribution >= 4 is 26.7 Å². The third-order valence-electron chi connectivity index (χ3n) is 3.48. The molecule has 0 amide bonds. The van der Waals surface area contributed by atoms with Crippen LogP contribution in [0.5, 0.6) is 5.75 Å². The van der Waals surface area contributed by atoms with Crippen LogP contribution in [0.1, 0.15) is 19.3 Å². The molecule has 0 heterocycles. The van der Waals surface area contributed by atoms with Gasteiger partial charge in [-0.1, -0.05) is 28.1 Å². The van der Waals surface area contributed by atoms with Crippen molar-refractivity contribution in [2.24, 2.45) is 0 Å². The molecule has 0 spiro atoms. The lowest BCUT2D eigenvalue weighted by Crippen LogP contribution is -2.25. The first kappa shape index (κ1) is 12.0. The zero-order valence-electron chi connectivity index (χ0n) is 9.97. The number of rotatable bonds is 2. The Morgan fingerprint density at radius 2 is 1.83 bits per heavy atom. The van der Waals surface area contributed by atoms with Crippen molar-refractivity contribution in [2.45, 2.75) is 31.5 Å². The number of fused-ring (bicyclic) bond motifs is 1. The maximum atomic E-state index is 9.77. The first-order valence-electron chi connectivity index (χ1n) is 6.26. The van der Waals surface area contributed by atoms with Gasteiger partial charge in [0.05, 0.1) is 6.10 Å². The van der Waals surface area contributed by atoms with E-state index in [0.29, 0.717) is 0 Å². The molecule has 0 aromatic heterocycles. The molecule has 1 saturated carbocycles. The molecule has 1 fully saturated rings. The van der Waals surface area contributed by atoms with Gasteiger partial charge in [-0.3, -0.25) is 0 Å². The van der Waals surface area contributed by atoms with Crippen LogP contribution in [0.2, 0.25) is 0 Å². The summed E-state index contributed by atoms with van der Waals surface area (Å²) >= 11 is 3.47. The van der Waals surface area contributed by atoms with Crippen LogP contribution in [0.4, 0.5) is 0 Å². The summed E-state index contributed by atoms with van der Waals surface area (Å²) in [5, 5.41) is 12.1. The summed E-state index contributed by atoms with van der Waals surface area (Å²) in [6, 6.07) is 12.2. The molecule has 0 saturated heterocycles. The molecule has 1 aliphatic carbocycles. The SMILES string of the molecule is OC1CCCC1Oc1ccc2cc(Br)ccc2c1. The lowest BCUT2D eigenvalue weighted by Gasteiger charge is -2.17. The van der Waals surface area contributed by atoms with E-state index in [1.807, 2.05) is 18.2 Å². The highest BCUT2D eigenvalue weighted by Gasteiger charge is 2.26. The largest absolute Gasteiger partial charge is 0.488 e. The average molecular weight is 307 g/mol. The zero-order chi connectivity index (χ0) is 12.5.